The highest BCUT2D eigenvalue weighted by atomic mass is 35.5. The zero-order chi connectivity index (χ0) is 22.7. The molecule has 0 saturated heterocycles. The number of hydrogen-bond acceptors (Lipinski definition) is 2. The second kappa shape index (κ2) is 9.03. The monoisotopic (exact) mass is 473 g/mol. The Kier molecular flexibility index (Phi) is 7.32. The number of carbonyl (C=O) groups is 1. The summed E-state index contributed by atoms with van der Waals surface area (Å²) in [5.41, 5.74) is -5.01. The number of carbonyl (C=O) groups excluding carboxylic acids is 1. The minimum atomic E-state index is -5.76. The smallest absolute Gasteiger partial charge is 0.357 e. The summed E-state index contributed by atoms with van der Waals surface area (Å²) in [6.07, 6.45) is -11.1. The van der Waals surface area contributed by atoms with Gasteiger partial charge >= 0.3 is 12.4 Å². The summed E-state index contributed by atoms with van der Waals surface area (Å²) in [7, 11) is 0.324. The van der Waals surface area contributed by atoms with Gasteiger partial charge in [0.05, 0.1) is 10.0 Å². The van der Waals surface area contributed by atoms with Gasteiger partial charge in [-0.15, -0.1) is 0 Å². The van der Waals surface area contributed by atoms with Gasteiger partial charge in [0.25, 0.3) is 11.5 Å². The lowest BCUT2D eigenvalue weighted by atomic mass is 9.91. The van der Waals surface area contributed by atoms with Crippen molar-refractivity contribution in [2.45, 2.75) is 24.4 Å². The zero-order valence-electron chi connectivity index (χ0n) is 15.3. The summed E-state index contributed by atoms with van der Waals surface area (Å²) < 4.78 is 83.4. The fourth-order valence-corrected chi connectivity index (χ4v) is 3.13. The van der Waals surface area contributed by atoms with E-state index < -0.39 is 29.4 Å². The van der Waals surface area contributed by atoms with Gasteiger partial charge in [-0.3, -0.25) is 4.79 Å². The summed E-state index contributed by atoms with van der Waals surface area (Å²) in [6, 6.07) is 7.78. The van der Waals surface area contributed by atoms with E-state index in [9.17, 15) is 31.1 Å². The highest BCUT2D eigenvalue weighted by molar-refractivity contribution is 6.42. The maximum atomic E-state index is 13.3. The van der Waals surface area contributed by atoms with E-state index >= 15 is 0 Å². The molecule has 2 rings (SSSR count). The second-order valence-corrected chi connectivity index (χ2v) is 7.03. The highest BCUT2D eigenvalue weighted by Crippen LogP contribution is 2.52. The lowest BCUT2D eigenvalue weighted by Gasteiger charge is -2.36. The molecule has 0 bridgehead atoms. The third-order valence-corrected chi connectivity index (χ3v) is 5.08. The van der Waals surface area contributed by atoms with Crippen LogP contribution in [0.2, 0.25) is 10.0 Å². The molecule has 0 aliphatic rings. The van der Waals surface area contributed by atoms with E-state index in [0.29, 0.717) is 35.7 Å². The third-order valence-electron chi connectivity index (χ3n) is 4.34. The number of methoxy groups -OCH3 is 1. The van der Waals surface area contributed by atoms with Gasteiger partial charge in [-0.1, -0.05) is 41.4 Å². The Morgan fingerprint density at radius 1 is 0.933 bits per heavy atom. The van der Waals surface area contributed by atoms with Crippen LogP contribution in [0, 0.1) is 0 Å². The van der Waals surface area contributed by atoms with Crippen LogP contribution in [-0.4, -0.2) is 31.9 Å². The summed E-state index contributed by atoms with van der Waals surface area (Å²) in [4.78, 5) is 12.1. The largest absolute Gasteiger partial charge is 0.430 e. The lowest BCUT2D eigenvalue weighted by molar-refractivity contribution is -0.383. The Labute approximate surface area is 177 Å². The molecule has 0 spiro atoms. The molecule has 2 aromatic rings. The van der Waals surface area contributed by atoms with Gasteiger partial charge < -0.3 is 10.1 Å². The van der Waals surface area contributed by atoms with E-state index in [4.69, 9.17) is 23.2 Å². The Morgan fingerprint density at radius 3 is 1.97 bits per heavy atom. The molecule has 0 saturated carbocycles. The van der Waals surface area contributed by atoms with Crippen LogP contribution in [0.5, 0.6) is 0 Å². The molecular weight excluding hydrogens is 459 g/mol. The van der Waals surface area contributed by atoms with Crippen molar-refractivity contribution >= 4 is 29.1 Å². The Morgan fingerprint density at radius 2 is 1.50 bits per heavy atom. The summed E-state index contributed by atoms with van der Waals surface area (Å²) in [5, 5.41) is 3.23. The van der Waals surface area contributed by atoms with Gasteiger partial charge in [-0.25, -0.2) is 0 Å². The number of nitrogens with one attached hydrogen (secondary N) is 1. The van der Waals surface area contributed by atoms with Crippen molar-refractivity contribution in [3.05, 3.63) is 69.2 Å². The average molecular weight is 474 g/mol. The van der Waals surface area contributed by atoms with E-state index in [-0.39, 0.29) is 12.1 Å². The molecule has 0 atom stereocenters. The van der Waals surface area contributed by atoms with Gasteiger partial charge in [0.1, 0.15) is 0 Å². The van der Waals surface area contributed by atoms with Crippen LogP contribution < -0.4 is 5.32 Å². The first kappa shape index (κ1) is 24.3. The predicted molar refractivity (Wildman–Crippen MR) is 99.7 cm³/mol. The summed E-state index contributed by atoms with van der Waals surface area (Å²) >= 11 is 11.7. The van der Waals surface area contributed by atoms with Gasteiger partial charge in [0.2, 0.25) is 0 Å². The van der Waals surface area contributed by atoms with Crippen molar-refractivity contribution in [2.24, 2.45) is 0 Å². The minimum Gasteiger partial charge on any atom is -0.357 e. The third kappa shape index (κ3) is 4.84. The Bertz CT molecular complexity index is 883. The van der Waals surface area contributed by atoms with Crippen molar-refractivity contribution in [3.8, 4) is 0 Å². The molecule has 0 fully saturated rings. The van der Waals surface area contributed by atoms with E-state index in [1.807, 2.05) is 0 Å². The van der Waals surface area contributed by atoms with Crippen molar-refractivity contribution in [1.82, 2.24) is 5.32 Å². The average Bonchev–Trinajstić information content (AvgIpc) is 2.63. The van der Waals surface area contributed by atoms with Crippen LogP contribution in [-0.2, 0) is 16.8 Å². The van der Waals surface area contributed by atoms with Crippen LogP contribution in [0.1, 0.15) is 21.5 Å². The van der Waals surface area contributed by atoms with E-state index in [1.54, 1.807) is 18.2 Å². The Hall–Kier alpha value is -1.97. The van der Waals surface area contributed by atoms with Gasteiger partial charge in [-0.2, -0.15) is 26.3 Å². The molecule has 0 radical (unpaired) electrons. The molecule has 0 aromatic heterocycles. The second-order valence-electron chi connectivity index (χ2n) is 6.21. The maximum Gasteiger partial charge on any atom is 0.430 e. The zero-order valence-corrected chi connectivity index (χ0v) is 16.8. The first-order chi connectivity index (χ1) is 13.8. The SMILES string of the molecule is COC(c1ccc(C(=O)NCCc2ccc(Cl)c(Cl)c2)cc1)(C(F)(F)F)C(F)(F)F. The fourth-order valence-electron chi connectivity index (χ4n) is 2.81. The number of hydrogen-bond donors (Lipinski definition) is 1. The van der Waals surface area contributed by atoms with Gasteiger partial charge in [0, 0.05) is 24.8 Å². The van der Waals surface area contributed by atoms with Crippen LogP contribution in [0.25, 0.3) is 0 Å². The van der Waals surface area contributed by atoms with Crippen molar-refractivity contribution in [2.75, 3.05) is 13.7 Å². The predicted octanol–water partition coefficient (Wildman–Crippen LogP) is 5.93. The first-order valence-corrected chi connectivity index (χ1v) is 9.10. The summed E-state index contributed by atoms with van der Waals surface area (Å²) in [6.45, 7) is 0.158. The first-order valence-electron chi connectivity index (χ1n) is 8.34. The number of benzene rings is 2. The maximum absolute atomic E-state index is 13.3. The number of amides is 1. The van der Waals surface area contributed by atoms with Gasteiger partial charge in [-0.05, 0) is 36.2 Å². The number of rotatable bonds is 6. The molecule has 0 unspecified atom stereocenters. The minimum absolute atomic E-state index is 0.109. The van der Waals surface area contributed by atoms with Crippen molar-refractivity contribution in [3.63, 3.8) is 0 Å². The molecule has 0 aliphatic carbocycles. The highest BCUT2D eigenvalue weighted by Gasteiger charge is 2.72. The molecule has 1 amide bonds. The van der Waals surface area contributed by atoms with Crippen LogP contribution in [0.3, 0.4) is 0 Å². The number of alkyl halides is 6. The Balaban J connectivity index is 2.13. The molecule has 0 heterocycles. The van der Waals surface area contributed by atoms with Crippen LogP contribution in [0.15, 0.2) is 42.5 Å². The van der Waals surface area contributed by atoms with Gasteiger partial charge in [0.15, 0.2) is 0 Å². The molecule has 164 valence electrons. The number of ether oxygens (including phenoxy) is 1. The molecule has 30 heavy (non-hydrogen) atoms. The standard InChI is InChI=1S/C19H15Cl2F6NO2/c1-30-17(18(22,23)24,19(25,26)27)13-5-3-12(4-6-13)16(29)28-9-8-11-2-7-14(20)15(21)10-11/h2-7,10H,8-9H2,1H3,(H,28,29). The van der Waals surface area contributed by atoms with Crippen LogP contribution >= 0.6 is 23.2 Å². The molecule has 2 aromatic carbocycles. The fraction of sp³-hybridized carbons (Fsp3) is 0.316. The molecule has 0 aliphatic heterocycles. The van der Waals surface area contributed by atoms with E-state index in [2.05, 4.69) is 10.1 Å². The number of halogens is 8. The van der Waals surface area contributed by atoms with E-state index in [1.165, 1.54) is 0 Å². The van der Waals surface area contributed by atoms with Crippen molar-refractivity contribution < 1.29 is 35.9 Å². The lowest BCUT2D eigenvalue weighted by Crippen LogP contribution is -2.55. The normalized spacial score (nSPS) is 12.7. The molecular formula is C19H15Cl2F6NO2. The molecule has 11 heteroatoms. The summed E-state index contributed by atoms with van der Waals surface area (Å²) in [5.74, 6) is -0.663. The van der Waals surface area contributed by atoms with E-state index in [0.717, 1.165) is 17.7 Å². The molecule has 1 N–H and O–H groups in total. The van der Waals surface area contributed by atoms with Crippen molar-refractivity contribution in [1.29, 1.82) is 0 Å². The van der Waals surface area contributed by atoms with Crippen LogP contribution in [0.4, 0.5) is 26.3 Å². The quantitative estimate of drug-likeness (QED) is 0.527. The molecule has 3 nitrogen and oxygen atoms in total. The topological polar surface area (TPSA) is 38.3 Å².